The zero-order valence-electron chi connectivity index (χ0n) is 17.0. The molecule has 0 atom stereocenters. The summed E-state index contributed by atoms with van der Waals surface area (Å²) in [6.07, 6.45) is 0.928. The Bertz CT molecular complexity index is 781. The zero-order chi connectivity index (χ0) is 20.1. The van der Waals surface area contributed by atoms with E-state index in [-0.39, 0.29) is 17.3 Å². The number of anilines is 1. The number of rotatable bonds is 3. The van der Waals surface area contributed by atoms with E-state index >= 15 is 0 Å². The van der Waals surface area contributed by atoms with Gasteiger partial charge in [0.15, 0.2) is 0 Å². The number of carbonyl (C=O) groups excluding carboxylic acids is 1. The number of nitrogens with zero attached hydrogens (tertiary/aromatic N) is 2. The summed E-state index contributed by atoms with van der Waals surface area (Å²) >= 11 is 0. The predicted molar refractivity (Wildman–Crippen MR) is 112 cm³/mol. The molecule has 0 radical (unpaired) electrons. The van der Waals surface area contributed by atoms with Crippen molar-refractivity contribution >= 4 is 11.7 Å². The molecule has 0 bridgehead atoms. The van der Waals surface area contributed by atoms with Crippen LogP contribution in [0.4, 0.5) is 14.9 Å². The number of halogens is 1. The molecule has 1 fully saturated rings. The summed E-state index contributed by atoms with van der Waals surface area (Å²) in [6, 6.07) is 14.7. The third kappa shape index (κ3) is 5.55. The van der Waals surface area contributed by atoms with Crippen molar-refractivity contribution in [3.63, 3.8) is 0 Å². The highest BCUT2D eigenvalue weighted by atomic mass is 19.1. The Morgan fingerprint density at radius 1 is 0.964 bits per heavy atom. The van der Waals surface area contributed by atoms with Crippen LogP contribution in [0.3, 0.4) is 0 Å². The second-order valence-electron chi connectivity index (χ2n) is 8.50. The number of carbonyl (C=O) groups is 1. The van der Waals surface area contributed by atoms with Crippen LogP contribution in [-0.4, -0.2) is 42.0 Å². The van der Waals surface area contributed by atoms with Gasteiger partial charge in [0.1, 0.15) is 5.82 Å². The number of amides is 2. The van der Waals surface area contributed by atoms with Crippen molar-refractivity contribution in [3.8, 4) is 0 Å². The van der Waals surface area contributed by atoms with Crippen LogP contribution in [0.25, 0.3) is 0 Å². The summed E-state index contributed by atoms with van der Waals surface area (Å²) in [6.45, 7) is 10.5. The van der Waals surface area contributed by atoms with Gasteiger partial charge >= 0.3 is 6.03 Å². The minimum absolute atomic E-state index is 0.0489. The number of hydrogen-bond donors (Lipinski definition) is 1. The normalized spacial score (nSPS) is 15.9. The topological polar surface area (TPSA) is 35.6 Å². The fourth-order valence-corrected chi connectivity index (χ4v) is 3.44. The fraction of sp³-hybridized carbons (Fsp3) is 0.435. The van der Waals surface area contributed by atoms with Gasteiger partial charge in [0.2, 0.25) is 0 Å². The van der Waals surface area contributed by atoms with E-state index in [4.69, 9.17) is 0 Å². The maximum Gasteiger partial charge on any atom is 0.321 e. The minimum Gasteiger partial charge on any atom is -0.323 e. The van der Waals surface area contributed by atoms with Crippen molar-refractivity contribution in [2.24, 2.45) is 0 Å². The van der Waals surface area contributed by atoms with Crippen LogP contribution in [0, 0.1) is 5.82 Å². The van der Waals surface area contributed by atoms with E-state index in [2.05, 4.69) is 43.1 Å². The first-order chi connectivity index (χ1) is 13.3. The molecule has 1 aliphatic heterocycles. The molecule has 5 heteroatoms. The SMILES string of the molecule is CC(C)(C)c1ccc(NC(=O)N2CCCN(Cc3ccc(F)cc3)CC2)cc1. The van der Waals surface area contributed by atoms with Crippen LogP contribution in [0.15, 0.2) is 48.5 Å². The van der Waals surface area contributed by atoms with Crippen molar-refractivity contribution in [1.29, 1.82) is 0 Å². The molecular weight excluding hydrogens is 353 g/mol. The Labute approximate surface area is 167 Å². The number of hydrogen-bond acceptors (Lipinski definition) is 2. The number of nitrogens with one attached hydrogen (secondary N) is 1. The van der Waals surface area contributed by atoms with E-state index in [0.717, 1.165) is 43.9 Å². The summed E-state index contributed by atoms with van der Waals surface area (Å²) in [4.78, 5) is 16.9. The van der Waals surface area contributed by atoms with E-state index < -0.39 is 0 Å². The first-order valence-corrected chi connectivity index (χ1v) is 9.94. The molecule has 28 heavy (non-hydrogen) atoms. The largest absolute Gasteiger partial charge is 0.323 e. The van der Waals surface area contributed by atoms with E-state index in [9.17, 15) is 9.18 Å². The molecule has 0 unspecified atom stereocenters. The van der Waals surface area contributed by atoms with Gasteiger partial charge in [-0.05, 0) is 47.2 Å². The van der Waals surface area contributed by atoms with Crippen molar-refractivity contribution < 1.29 is 9.18 Å². The molecule has 3 rings (SSSR count). The van der Waals surface area contributed by atoms with Crippen LogP contribution in [0.2, 0.25) is 0 Å². The highest BCUT2D eigenvalue weighted by Gasteiger charge is 2.20. The van der Waals surface area contributed by atoms with Crippen LogP contribution < -0.4 is 5.32 Å². The van der Waals surface area contributed by atoms with Gasteiger partial charge in [0.25, 0.3) is 0 Å². The molecular formula is C23H30FN3O. The van der Waals surface area contributed by atoms with E-state index in [1.54, 1.807) is 0 Å². The average Bonchev–Trinajstić information content (AvgIpc) is 2.89. The lowest BCUT2D eigenvalue weighted by atomic mass is 9.87. The standard InChI is InChI=1S/C23H30FN3O/c1-23(2,3)19-7-11-21(12-8-19)25-22(28)27-14-4-13-26(15-16-27)17-18-5-9-20(24)10-6-18/h5-12H,4,13-17H2,1-3H3,(H,25,28). The third-order valence-corrected chi connectivity index (χ3v) is 5.20. The first kappa shape index (κ1) is 20.3. The molecule has 150 valence electrons. The first-order valence-electron chi connectivity index (χ1n) is 9.94. The quantitative estimate of drug-likeness (QED) is 0.821. The fourth-order valence-electron chi connectivity index (χ4n) is 3.44. The van der Waals surface area contributed by atoms with Crippen molar-refractivity contribution in [3.05, 3.63) is 65.5 Å². The minimum atomic E-state index is -0.210. The van der Waals surface area contributed by atoms with E-state index in [1.807, 2.05) is 29.2 Å². The lowest BCUT2D eigenvalue weighted by Crippen LogP contribution is -2.38. The van der Waals surface area contributed by atoms with Gasteiger partial charge < -0.3 is 10.2 Å². The number of benzene rings is 2. The molecule has 0 aromatic heterocycles. The third-order valence-electron chi connectivity index (χ3n) is 5.20. The van der Waals surface area contributed by atoms with E-state index in [0.29, 0.717) is 6.54 Å². The highest BCUT2D eigenvalue weighted by molar-refractivity contribution is 5.89. The van der Waals surface area contributed by atoms with Crippen LogP contribution in [0.5, 0.6) is 0 Å². The Morgan fingerprint density at radius 3 is 2.29 bits per heavy atom. The summed E-state index contributed by atoms with van der Waals surface area (Å²) in [7, 11) is 0. The van der Waals surface area contributed by atoms with Crippen molar-refractivity contribution in [2.45, 2.75) is 39.2 Å². The summed E-state index contributed by atoms with van der Waals surface area (Å²) in [5.74, 6) is -0.210. The van der Waals surface area contributed by atoms with Crippen molar-refractivity contribution in [1.82, 2.24) is 9.80 Å². The molecule has 1 aliphatic rings. The monoisotopic (exact) mass is 383 g/mol. The van der Waals surface area contributed by atoms with E-state index in [1.165, 1.54) is 17.7 Å². The van der Waals surface area contributed by atoms with Crippen LogP contribution >= 0.6 is 0 Å². The molecule has 1 heterocycles. The summed E-state index contributed by atoms with van der Waals surface area (Å²) in [5, 5.41) is 3.02. The maximum atomic E-state index is 13.1. The molecule has 0 saturated carbocycles. The molecule has 2 aromatic carbocycles. The summed E-state index contributed by atoms with van der Waals surface area (Å²) in [5.41, 5.74) is 3.27. The van der Waals surface area contributed by atoms with Crippen LogP contribution in [0.1, 0.15) is 38.3 Å². The second kappa shape index (κ2) is 8.74. The highest BCUT2D eigenvalue weighted by Crippen LogP contribution is 2.23. The average molecular weight is 384 g/mol. The Morgan fingerprint density at radius 2 is 1.64 bits per heavy atom. The second-order valence-corrected chi connectivity index (χ2v) is 8.50. The maximum absolute atomic E-state index is 13.1. The number of urea groups is 1. The van der Waals surface area contributed by atoms with Gasteiger partial charge in [-0.2, -0.15) is 0 Å². The summed E-state index contributed by atoms with van der Waals surface area (Å²) < 4.78 is 13.1. The molecule has 2 aromatic rings. The Hall–Kier alpha value is -2.40. The zero-order valence-corrected chi connectivity index (χ0v) is 17.0. The van der Waals surface area contributed by atoms with Gasteiger partial charge in [0, 0.05) is 38.4 Å². The Balaban J connectivity index is 1.53. The van der Waals surface area contributed by atoms with Gasteiger partial charge in [-0.1, -0.05) is 45.0 Å². The molecule has 4 nitrogen and oxygen atoms in total. The van der Waals surface area contributed by atoms with Gasteiger partial charge in [-0.25, -0.2) is 9.18 Å². The molecule has 0 aliphatic carbocycles. The van der Waals surface area contributed by atoms with Crippen molar-refractivity contribution in [2.75, 3.05) is 31.5 Å². The van der Waals surface area contributed by atoms with Gasteiger partial charge in [0.05, 0.1) is 0 Å². The Kier molecular flexibility index (Phi) is 6.35. The molecule has 2 amide bonds. The van der Waals surface area contributed by atoms with Gasteiger partial charge in [-0.15, -0.1) is 0 Å². The lowest BCUT2D eigenvalue weighted by molar-refractivity contribution is 0.211. The molecule has 1 N–H and O–H groups in total. The van der Waals surface area contributed by atoms with Gasteiger partial charge in [-0.3, -0.25) is 4.90 Å². The predicted octanol–water partition coefficient (Wildman–Crippen LogP) is 4.86. The lowest BCUT2D eigenvalue weighted by Gasteiger charge is -2.23. The molecule has 0 spiro atoms. The molecule has 1 saturated heterocycles. The smallest absolute Gasteiger partial charge is 0.321 e. The van der Waals surface area contributed by atoms with Crippen LogP contribution in [-0.2, 0) is 12.0 Å².